The van der Waals surface area contributed by atoms with Gasteiger partial charge in [-0.25, -0.2) is 4.98 Å². The van der Waals surface area contributed by atoms with Crippen LogP contribution in [0.15, 0.2) is 52.1 Å². The molecule has 2 aromatic carbocycles. The number of hydrogen-bond donors (Lipinski definition) is 1. The van der Waals surface area contributed by atoms with E-state index in [1.807, 2.05) is 12.1 Å². The average Bonchev–Trinajstić information content (AvgIpc) is 3.01. The van der Waals surface area contributed by atoms with Gasteiger partial charge in [0, 0.05) is 10.7 Å². The van der Waals surface area contributed by atoms with E-state index in [9.17, 15) is 4.79 Å². The van der Waals surface area contributed by atoms with E-state index >= 15 is 0 Å². The van der Waals surface area contributed by atoms with E-state index in [-0.39, 0.29) is 11.7 Å². The molecule has 1 N–H and O–H groups in total. The number of carbonyl (C=O) groups is 1. The number of anilines is 1. The van der Waals surface area contributed by atoms with E-state index in [0.717, 1.165) is 12.1 Å². The van der Waals surface area contributed by atoms with Gasteiger partial charge in [-0.1, -0.05) is 48.8 Å². The van der Waals surface area contributed by atoms with Crippen LogP contribution in [0.2, 0.25) is 5.02 Å². The molecule has 0 bridgehead atoms. The Hall–Kier alpha value is -1.98. The van der Waals surface area contributed by atoms with Crippen LogP contribution < -0.4 is 5.32 Å². The van der Waals surface area contributed by atoms with E-state index in [4.69, 9.17) is 16.0 Å². The van der Waals surface area contributed by atoms with Crippen LogP contribution in [-0.4, -0.2) is 16.6 Å². The summed E-state index contributed by atoms with van der Waals surface area (Å²) >= 11 is 7.19. The number of nitrogens with zero attached hydrogens (tertiary/aromatic N) is 1. The molecule has 0 saturated heterocycles. The zero-order chi connectivity index (χ0) is 17.6. The number of benzene rings is 2. The van der Waals surface area contributed by atoms with Crippen LogP contribution in [0.5, 0.6) is 0 Å². The summed E-state index contributed by atoms with van der Waals surface area (Å²) in [6.07, 6.45) is 3.43. The molecule has 3 aromatic rings. The van der Waals surface area contributed by atoms with Gasteiger partial charge >= 0.3 is 0 Å². The average molecular weight is 375 g/mol. The van der Waals surface area contributed by atoms with Crippen LogP contribution in [-0.2, 0) is 11.2 Å². The highest BCUT2D eigenvalue weighted by Gasteiger charge is 2.10. The first-order chi connectivity index (χ1) is 12.1. The Kier molecular flexibility index (Phi) is 6.00. The number of unbranched alkanes of at least 4 members (excludes halogenated alkanes) is 1. The number of amides is 1. The Morgan fingerprint density at radius 1 is 1.24 bits per heavy atom. The Bertz CT molecular complexity index is 861. The summed E-state index contributed by atoms with van der Waals surface area (Å²) in [5.74, 6) is 0.143. The first-order valence-corrected chi connectivity index (χ1v) is 9.58. The van der Waals surface area contributed by atoms with Crippen molar-refractivity contribution in [1.29, 1.82) is 0 Å². The highest BCUT2D eigenvalue weighted by molar-refractivity contribution is 7.99. The smallest absolute Gasteiger partial charge is 0.257 e. The van der Waals surface area contributed by atoms with Crippen molar-refractivity contribution in [1.82, 2.24) is 4.98 Å². The zero-order valence-corrected chi connectivity index (χ0v) is 15.5. The maximum absolute atomic E-state index is 12.1. The molecule has 0 spiro atoms. The second-order valence-electron chi connectivity index (χ2n) is 5.73. The molecule has 0 aliphatic rings. The second kappa shape index (κ2) is 8.41. The standard InChI is InChI=1S/C19H19ClN2O2S/c1-2-3-4-13-5-8-15(9-6-13)21-18(23)12-25-19-22-16-11-14(20)7-10-17(16)24-19/h5-11H,2-4,12H2,1H3,(H,21,23). The lowest BCUT2D eigenvalue weighted by Crippen LogP contribution is -2.13. The fraction of sp³-hybridized carbons (Fsp3) is 0.263. The number of aromatic nitrogens is 1. The SMILES string of the molecule is CCCCc1ccc(NC(=O)CSc2nc3cc(Cl)ccc3o2)cc1. The summed E-state index contributed by atoms with van der Waals surface area (Å²) in [4.78, 5) is 16.4. The van der Waals surface area contributed by atoms with Crippen molar-refractivity contribution >= 4 is 46.1 Å². The summed E-state index contributed by atoms with van der Waals surface area (Å²) in [5, 5.41) is 3.96. The normalized spacial score (nSPS) is 11.0. The number of hydrogen-bond acceptors (Lipinski definition) is 4. The lowest BCUT2D eigenvalue weighted by atomic mass is 10.1. The van der Waals surface area contributed by atoms with Gasteiger partial charge in [0.1, 0.15) is 5.52 Å². The molecule has 3 rings (SSSR count). The van der Waals surface area contributed by atoms with Crippen LogP contribution in [0.1, 0.15) is 25.3 Å². The summed E-state index contributed by atoms with van der Waals surface area (Å²) in [5.41, 5.74) is 3.45. The lowest BCUT2D eigenvalue weighted by Gasteiger charge is -2.05. The summed E-state index contributed by atoms with van der Waals surface area (Å²) in [6, 6.07) is 13.3. The number of oxazole rings is 1. The third-order valence-corrected chi connectivity index (χ3v) is 4.78. The second-order valence-corrected chi connectivity index (χ2v) is 7.09. The highest BCUT2D eigenvalue weighted by Crippen LogP contribution is 2.25. The van der Waals surface area contributed by atoms with Crippen molar-refractivity contribution in [2.45, 2.75) is 31.4 Å². The largest absolute Gasteiger partial charge is 0.431 e. The van der Waals surface area contributed by atoms with Crippen LogP contribution in [0, 0.1) is 0 Å². The minimum absolute atomic E-state index is 0.0911. The molecular formula is C19H19ClN2O2S. The minimum Gasteiger partial charge on any atom is -0.431 e. The number of aryl methyl sites for hydroxylation is 1. The van der Waals surface area contributed by atoms with Crippen molar-refractivity contribution < 1.29 is 9.21 Å². The van der Waals surface area contributed by atoms with Gasteiger partial charge in [0.25, 0.3) is 5.22 Å². The molecule has 1 amide bonds. The minimum atomic E-state index is -0.0911. The topological polar surface area (TPSA) is 55.1 Å². The fourth-order valence-corrected chi connectivity index (χ4v) is 3.21. The Morgan fingerprint density at radius 3 is 2.80 bits per heavy atom. The van der Waals surface area contributed by atoms with E-state index in [1.54, 1.807) is 18.2 Å². The van der Waals surface area contributed by atoms with Crippen molar-refractivity contribution in [3.05, 3.63) is 53.1 Å². The van der Waals surface area contributed by atoms with Crippen molar-refractivity contribution in [3.63, 3.8) is 0 Å². The molecule has 0 saturated carbocycles. The van der Waals surface area contributed by atoms with E-state index < -0.39 is 0 Å². The quantitative estimate of drug-likeness (QED) is 0.550. The van der Waals surface area contributed by atoms with Gasteiger partial charge in [-0.2, -0.15) is 0 Å². The zero-order valence-electron chi connectivity index (χ0n) is 13.9. The number of thioether (sulfide) groups is 1. The maximum atomic E-state index is 12.1. The summed E-state index contributed by atoms with van der Waals surface area (Å²) in [6.45, 7) is 2.18. The number of fused-ring (bicyclic) bond motifs is 1. The molecule has 0 aliphatic heterocycles. The predicted octanol–water partition coefficient (Wildman–Crippen LogP) is 5.55. The van der Waals surface area contributed by atoms with Crippen LogP contribution in [0.4, 0.5) is 5.69 Å². The molecule has 6 heteroatoms. The fourth-order valence-electron chi connectivity index (χ4n) is 2.40. The molecule has 130 valence electrons. The van der Waals surface area contributed by atoms with Crippen LogP contribution in [0.3, 0.4) is 0 Å². The molecule has 1 aromatic heterocycles. The van der Waals surface area contributed by atoms with Gasteiger partial charge in [-0.05, 0) is 48.7 Å². The van der Waals surface area contributed by atoms with Gasteiger partial charge in [0.2, 0.25) is 5.91 Å². The molecule has 1 heterocycles. The van der Waals surface area contributed by atoms with Gasteiger partial charge in [0.05, 0.1) is 5.75 Å². The molecule has 0 unspecified atom stereocenters. The lowest BCUT2D eigenvalue weighted by molar-refractivity contribution is -0.113. The first kappa shape index (κ1) is 17.8. The number of halogens is 1. The third-order valence-electron chi connectivity index (χ3n) is 3.71. The van der Waals surface area contributed by atoms with E-state index in [0.29, 0.717) is 21.3 Å². The van der Waals surface area contributed by atoms with Crippen LogP contribution >= 0.6 is 23.4 Å². The van der Waals surface area contributed by atoms with Crippen molar-refractivity contribution in [3.8, 4) is 0 Å². The number of nitrogens with one attached hydrogen (secondary N) is 1. The Morgan fingerprint density at radius 2 is 2.04 bits per heavy atom. The van der Waals surface area contributed by atoms with Crippen molar-refractivity contribution in [2.24, 2.45) is 0 Å². The molecule has 0 atom stereocenters. The number of rotatable bonds is 7. The van der Waals surface area contributed by atoms with Crippen LogP contribution in [0.25, 0.3) is 11.1 Å². The highest BCUT2D eigenvalue weighted by atomic mass is 35.5. The first-order valence-electron chi connectivity index (χ1n) is 8.21. The van der Waals surface area contributed by atoms with E-state index in [2.05, 4.69) is 29.4 Å². The molecular weight excluding hydrogens is 356 g/mol. The molecule has 0 fully saturated rings. The van der Waals surface area contributed by atoms with Gasteiger partial charge in [-0.3, -0.25) is 4.79 Å². The van der Waals surface area contributed by atoms with Gasteiger partial charge in [0.15, 0.2) is 5.58 Å². The Balaban J connectivity index is 1.53. The predicted molar refractivity (Wildman–Crippen MR) is 103 cm³/mol. The Labute approximate surface area is 156 Å². The third kappa shape index (κ3) is 5.00. The monoisotopic (exact) mass is 374 g/mol. The summed E-state index contributed by atoms with van der Waals surface area (Å²) < 4.78 is 5.59. The molecule has 25 heavy (non-hydrogen) atoms. The summed E-state index contributed by atoms with van der Waals surface area (Å²) in [7, 11) is 0. The van der Waals surface area contributed by atoms with Gasteiger partial charge < -0.3 is 9.73 Å². The van der Waals surface area contributed by atoms with Gasteiger partial charge in [-0.15, -0.1) is 0 Å². The maximum Gasteiger partial charge on any atom is 0.257 e. The molecule has 0 radical (unpaired) electrons. The van der Waals surface area contributed by atoms with Crippen molar-refractivity contribution in [2.75, 3.05) is 11.1 Å². The number of carbonyl (C=O) groups excluding carboxylic acids is 1. The molecule has 4 nitrogen and oxygen atoms in total. The molecule has 0 aliphatic carbocycles. The van der Waals surface area contributed by atoms with E-state index in [1.165, 1.54) is 30.2 Å².